The largest absolute Gasteiger partial charge is 0.436 e. The summed E-state index contributed by atoms with van der Waals surface area (Å²) in [7, 11) is 1.63. The average molecular weight is 249 g/mol. The Bertz CT molecular complexity index is 531. The molecule has 0 atom stereocenters. The molecule has 2 aromatic rings. The lowest BCUT2D eigenvalue weighted by molar-refractivity contribution is 0.281. The van der Waals surface area contributed by atoms with E-state index in [4.69, 9.17) is 9.84 Å². The van der Waals surface area contributed by atoms with Gasteiger partial charge in [-0.1, -0.05) is 12.1 Å². The molecule has 0 saturated carbocycles. The minimum Gasteiger partial charge on any atom is -0.436 e. The molecule has 0 bridgehead atoms. The van der Waals surface area contributed by atoms with E-state index >= 15 is 0 Å². The van der Waals surface area contributed by atoms with Crippen molar-refractivity contribution < 1.29 is 14.2 Å². The fourth-order valence-corrected chi connectivity index (χ4v) is 1.32. The first-order chi connectivity index (χ1) is 8.72. The van der Waals surface area contributed by atoms with Crippen molar-refractivity contribution in [1.29, 1.82) is 0 Å². The van der Waals surface area contributed by atoms with E-state index in [1.165, 1.54) is 0 Å². The quantitative estimate of drug-likeness (QED) is 0.866. The maximum absolute atomic E-state index is 13.4. The van der Waals surface area contributed by atoms with Crippen molar-refractivity contribution in [2.45, 2.75) is 6.61 Å². The molecule has 0 aliphatic heterocycles. The van der Waals surface area contributed by atoms with Crippen LogP contribution in [-0.2, 0) is 6.61 Å². The van der Waals surface area contributed by atoms with Crippen molar-refractivity contribution in [3.63, 3.8) is 0 Å². The van der Waals surface area contributed by atoms with E-state index in [0.717, 1.165) is 11.8 Å². The van der Waals surface area contributed by atoms with Crippen molar-refractivity contribution in [3.8, 4) is 11.6 Å². The molecule has 94 valence electrons. The lowest BCUT2D eigenvalue weighted by atomic mass is 10.2. The van der Waals surface area contributed by atoms with Gasteiger partial charge in [0.25, 0.3) is 5.88 Å². The summed E-state index contributed by atoms with van der Waals surface area (Å²) in [6.45, 7) is -0.0496. The van der Waals surface area contributed by atoms with Gasteiger partial charge in [-0.25, -0.2) is 4.98 Å². The van der Waals surface area contributed by atoms with Gasteiger partial charge in [-0.05, 0) is 17.7 Å². The molecule has 2 rings (SSSR count). The predicted molar refractivity (Wildman–Crippen MR) is 64.0 cm³/mol. The van der Waals surface area contributed by atoms with Gasteiger partial charge in [-0.15, -0.1) is 0 Å². The third-order valence-electron chi connectivity index (χ3n) is 2.26. The minimum atomic E-state index is -0.639. The van der Waals surface area contributed by atoms with Gasteiger partial charge in [-0.3, -0.25) is 0 Å². The Morgan fingerprint density at radius 3 is 2.67 bits per heavy atom. The zero-order chi connectivity index (χ0) is 13.0. The van der Waals surface area contributed by atoms with Gasteiger partial charge >= 0.3 is 0 Å². The van der Waals surface area contributed by atoms with Crippen LogP contribution in [0.5, 0.6) is 11.6 Å². The zero-order valence-corrected chi connectivity index (χ0v) is 9.72. The molecule has 0 unspecified atom stereocenters. The summed E-state index contributed by atoms with van der Waals surface area (Å²) in [5.41, 5.74) is 0.751. The first kappa shape index (κ1) is 12.3. The number of benzene rings is 1. The number of hydrogen-bond acceptors (Lipinski definition) is 5. The Kier molecular flexibility index (Phi) is 3.69. The highest BCUT2D eigenvalue weighted by molar-refractivity contribution is 5.33. The van der Waals surface area contributed by atoms with E-state index in [9.17, 15) is 4.39 Å². The molecule has 0 aliphatic carbocycles. The summed E-state index contributed by atoms with van der Waals surface area (Å²) >= 11 is 0. The highest BCUT2D eigenvalue weighted by Gasteiger charge is 2.08. The van der Waals surface area contributed by atoms with Gasteiger partial charge in [0, 0.05) is 7.05 Å². The van der Waals surface area contributed by atoms with E-state index in [2.05, 4.69) is 15.3 Å². The van der Waals surface area contributed by atoms with Gasteiger partial charge in [0.15, 0.2) is 0 Å². The number of anilines is 1. The van der Waals surface area contributed by atoms with E-state index in [-0.39, 0.29) is 18.4 Å². The fourth-order valence-electron chi connectivity index (χ4n) is 1.32. The van der Waals surface area contributed by atoms with Crippen molar-refractivity contribution >= 4 is 5.95 Å². The molecule has 0 fully saturated rings. The van der Waals surface area contributed by atoms with E-state index in [1.807, 2.05) is 0 Å². The molecule has 0 spiro atoms. The van der Waals surface area contributed by atoms with Crippen LogP contribution in [0, 0.1) is 5.82 Å². The maximum Gasteiger partial charge on any atom is 0.260 e. The van der Waals surface area contributed by atoms with Crippen LogP contribution in [0.25, 0.3) is 0 Å². The summed E-state index contributed by atoms with van der Waals surface area (Å²) in [5.74, 6) is -0.0726. The molecule has 0 radical (unpaired) electrons. The molecule has 0 amide bonds. The fraction of sp³-hybridized carbons (Fsp3) is 0.167. The topological polar surface area (TPSA) is 67.3 Å². The second-order valence-corrected chi connectivity index (χ2v) is 3.50. The molecule has 1 aromatic heterocycles. The van der Waals surface area contributed by atoms with Crippen LogP contribution in [0.4, 0.5) is 10.3 Å². The molecule has 0 aliphatic rings. The first-order valence-electron chi connectivity index (χ1n) is 5.31. The minimum absolute atomic E-state index is 0.0496. The number of hydrogen-bond donors (Lipinski definition) is 2. The molecular weight excluding hydrogens is 237 g/mol. The highest BCUT2D eigenvalue weighted by Crippen LogP contribution is 2.23. The first-order valence-corrected chi connectivity index (χ1v) is 5.31. The van der Waals surface area contributed by atoms with Gasteiger partial charge in [0.05, 0.1) is 12.8 Å². The summed E-state index contributed by atoms with van der Waals surface area (Å²) < 4.78 is 18.7. The number of aliphatic hydroxyl groups is 1. The van der Waals surface area contributed by atoms with E-state index in [0.29, 0.717) is 5.75 Å². The number of aliphatic hydroxyl groups excluding tert-OH is 1. The SMILES string of the molecule is CNc1ncc(F)c(Oc2ccc(CO)cc2)n1. The number of nitrogens with one attached hydrogen (secondary N) is 1. The predicted octanol–water partition coefficient (Wildman–Crippen LogP) is 1.94. The van der Waals surface area contributed by atoms with Crippen LogP contribution < -0.4 is 10.1 Å². The maximum atomic E-state index is 13.4. The Labute approximate surface area is 103 Å². The molecular formula is C12H12FN3O2. The standard InChI is InChI=1S/C12H12FN3O2/c1-14-12-15-6-10(13)11(16-12)18-9-4-2-8(7-17)3-5-9/h2-6,17H,7H2,1H3,(H,14,15,16). The second kappa shape index (κ2) is 5.42. The molecule has 1 heterocycles. The summed E-state index contributed by atoms with van der Waals surface area (Å²) in [4.78, 5) is 7.58. The average Bonchev–Trinajstić information content (AvgIpc) is 2.42. The Hall–Kier alpha value is -2.21. The Morgan fingerprint density at radius 2 is 2.06 bits per heavy atom. The van der Waals surface area contributed by atoms with Crippen molar-refractivity contribution in [1.82, 2.24) is 9.97 Å². The Balaban J connectivity index is 2.21. The third kappa shape index (κ3) is 2.72. The Morgan fingerprint density at radius 1 is 1.33 bits per heavy atom. The van der Waals surface area contributed by atoms with Gasteiger partial charge in [0.1, 0.15) is 5.75 Å². The second-order valence-electron chi connectivity index (χ2n) is 3.50. The van der Waals surface area contributed by atoms with Crippen molar-refractivity contribution in [2.75, 3.05) is 12.4 Å². The molecule has 0 saturated heterocycles. The molecule has 6 heteroatoms. The molecule has 2 N–H and O–H groups in total. The highest BCUT2D eigenvalue weighted by atomic mass is 19.1. The summed E-state index contributed by atoms with van der Waals surface area (Å²) in [6, 6.07) is 6.64. The lowest BCUT2D eigenvalue weighted by Gasteiger charge is -2.07. The monoisotopic (exact) mass is 249 g/mol. The van der Waals surface area contributed by atoms with Crippen LogP contribution in [0.1, 0.15) is 5.56 Å². The van der Waals surface area contributed by atoms with Gasteiger partial charge in [0.2, 0.25) is 11.8 Å². The van der Waals surface area contributed by atoms with Crippen molar-refractivity contribution in [3.05, 3.63) is 41.8 Å². The molecule has 5 nitrogen and oxygen atoms in total. The molecule has 18 heavy (non-hydrogen) atoms. The van der Waals surface area contributed by atoms with E-state index in [1.54, 1.807) is 31.3 Å². The van der Waals surface area contributed by atoms with Crippen LogP contribution in [-0.4, -0.2) is 22.1 Å². The number of halogens is 1. The zero-order valence-electron chi connectivity index (χ0n) is 9.72. The normalized spacial score (nSPS) is 10.2. The third-order valence-corrected chi connectivity index (χ3v) is 2.26. The summed E-state index contributed by atoms with van der Waals surface area (Å²) in [6.07, 6.45) is 1.04. The van der Waals surface area contributed by atoms with Gasteiger partial charge < -0.3 is 15.2 Å². The van der Waals surface area contributed by atoms with Crippen LogP contribution >= 0.6 is 0 Å². The van der Waals surface area contributed by atoms with Crippen LogP contribution in [0.2, 0.25) is 0 Å². The van der Waals surface area contributed by atoms with Crippen LogP contribution in [0.3, 0.4) is 0 Å². The number of rotatable bonds is 4. The molecule has 1 aromatic carbocycles. The van der Waals surface area contributed by atoms with Crippen molar-refractivity contribution in [2.24, 2.45) is 0 Å². The smallest absolute Gasteiger partial charge is 0.260 e. The number of aromatic nitrogens is 2. The number of nitrogens with zero attached hydrogens (tertiary/aromatic N) is 2. The van der Waals surface area contributed by atoms with Crippen LogP contribution in [0.15, 0.2) is 30.5 Å². The lowest BCUT2D eigenvalue weighted by Crippen LogP contribution is -2.00. The summed E-state index contributed by atoms with van der Waals surface area (Å²) in [5, 5.41) is 11.6. The van der Waals surface area contributed by atoms with E-state index < -0.39 is 5.82 Å². The van der Waals surface area contributed by atoms with Gasteiger partial charge in [-0.2, -0.15) is 9.37 Å². The number of ether oxygens (including phenoxy) is 1.